The van der Waals surface area contributed by atoms with Gasteiger partial charge in [-0.15, -0.1) is 0 Å². The first kappa shape index (κ1) is 20.2. The summed E-state index contributed by atoms with van der Waals surface area (Å²) in [6.07, 6.45) is 2.67. The summed E-state index contributed by atoms with van der Waals surface area (Å²) in [5.41, 5.74) is 1.96. The third kappa shape index (κ3) is 4.32. The fourth-order valence-electron chi connectivity index (χ4n) is 3.80. The van der Waals surface area contributed by atoms with Crippen molar-refractivity contribution in [3.05, 3.63) is 59.7 Å². The lowest BCUT2D eigenvalue weighted by Gasteiger charge is -2.42. The standard InChI is InChI=1S/C24H31NO3/c1-5-21(27-18-14-12-17(4)13-15-18)23(26)25-20-16-24(6-2,7-3)28-22-11-9-8-10-19(20)22/h8-15,20-21H,5-7,16H2,1-4H3,(H,25,26)/t20-,21-/m0/s1. The van der Waals surface area contributed by atoms with Crippen LogP contribution >= 0.6 is 0 Å². The summed E-state index contributed by atoms with van der Waals surface area (Å²) in [6, 6.07) is 15.7. The largest absolute Gasteiger partial charge is 0.487 e. The molecule has 1 heterocycles. The van der Waals surface area contributed by atoms with Gasteiger partial charge in [0.15, 0.2) is 6.10 Å². The van der Waals surface area contributed by atoms with E-state index in [0.717, 1.165) is 36.3 Å². The second kappa shape index (κ2) is 8.68. The molecule has 4 heteroatoms. The monoisotopic (exact) mass is 381 g/mol. The zero-order valence-corrected chi connectivity index (χ0v) is 17.3. The van der Waals surface area contributed by atoms with Gasteiger partial charge in [-0.05, 0) is 44.4 Å². The molecule has 0 spiro atoms. The first-order chi connectivity index (χ1) is 13.5. The summed E-state index contributed by atoms with van der Waals surface area (Å²) < 4.78 is 12.3. The molecule has 0 bridgehead atoms. The van der Waals surface area contributed by atoms with Crippen LogP contribution in [0.3, 0.4) is 0 Å². The number of aryl methyl sites for hydroxylation is 1. The van der Waals surface area contributed by atoms with E-state index >= 15 is 0 Å². The van der Waals surface area contributed by atoms with Gasteiger partial charge in [-0.2, -0.15) is 0 Å². The van der Waals surface area contributed by atoms with E-state index in [9.17, 15) is 4.79 Å². The molecule has 0 fully saturated rings. The molecule has 0 aliphatic carbocycles. The van der Waals surface area contributed by atoms with Gasteiger partial charge in [-0.3, -0.25) is 4.79 Å². The maximum Gasteiger partial charge on any atom is 0.261 e. The van der Waals surface area contributed by atoms with Crippen LogP contribution in [-0.4, -0.2) is 17.6 Å². The predicted molar refractivity (Wildman–Crippen MR) is 112 cm³/mol. The molecule has 2 atom stereocenters. The lowest BCUT2D eigenvalue weighted by molar-refractivity contribution is -0.129. The van der Waals surface area contributed by atoms with E-state index in [2.05, 4.69) is 19.2 Å². The number of amides is 1. The molecule has 1 aliphatic rings. The van der Waals surface area contributed by atoms with Crippen molar-refractivity contribution in [2.75, 3.05) is 0 Å². The van der Waals surface area contributed by atoms with Gasteiger partial charge < -0.3 is 14.8 Å². The summed E-state index contributed by atoms with van der Waals surface area (Å²) in [5, 5.41) is 3.24. The van der Waals surface area contributed by atoms with Crippen molar-refractivity contribution in [2.24, 2.45) is 0 Å². The van der Waals surface area contributed by atoms with Crippen LogP contribution in [0.1, 0.15) is 63.6 Å². The number of rotatable bonds is 7. The third-order valence-corrected chi connectivity index (χ3v) is 5.76. The van der Waals surface area contributed by atoms with Gasteiger partial charge in [0.05, 0.1) is 6.04 Å². The molecule has 0 radical (unpaired) electrons. The first-order valence-electron chi connectivity index (χ1n) is 10.3. The van der Waals surface area contributed by atoms with Crippen LogP contribution in [0.5, 0.6) is 11.5 Å². The molecular formula is C24H31NO3. The van der Waals surface area contributed by atoms with E-state index < -0.39 is 6.10 Å². The Hall–Kier alpha value is -2.49. The Morgan fingerprint density at radius 1 is 1.14 bits per heavy atom. The topological polar surface area (TPSA) is 47.6 Å². The number of para-hydroxylation sites is 1. The molecule has 0 saturated carbocycles. The van der Waals surface area contributed by atoms with Crippen LogP contribution in [0.25, 0.3) is 0 Å². The summed E-state index contributed by atoms with van der Waals surface area (Å²) in [7, 11) is 0. The Labute approximate surface area is 168 Å². The average molecular weight is 382 g/mol. The summed E-state index contributed by atoms with van der Waals surface area (Å²) >= 11 is 0. The van der Waals surface area contributed by atoms with E-state index in [0.29, 0.717) is 6.42 Å². The zero-order valence-electron chi connectivity index (χ0n) is 17.3. The highest BCUT2D eigenvalue weighted by molar-refractivity contribution is 5.81. The predicted octanol–water partition coefficient (Wildman–Crippen LogP) is 5.35. The molecule has 0 saturated heterocycles. The van der Waals surface area contributed by atoms with Gasteiger partial charge in [-0.25, -0.2) is 0 Å². The molecule has 0 unspecified atom stereocenters. The van der Waals surface area contributed by atoms with Crippen molar-refractivity contribution in [3.63, 3.8) is 0 Å². The summed E-state index contributed by atoms with van der Waals surface area (Å²) in [4.78, 5) is 13.0. The van der Waals surface area contributed by atoms with Crippen molar-refractivity contribution in [3.8, 4) is 11.5 Å². The Balaban J connectivity index is 1.78. The number of carbonyl (C=O) groups excluding carboxylic acids is 1. The zero-order chi connectivity index (χ0) is 20.1. The first-order valence-corrected chi connectivity index (χ1v) is 10.3. The number of hydrogen-bond donors (Lipinski definition) is 1. The number of nitrogens with one attached hydrogen (secondary N) is 1. The fourth-order valence-corrected chi connectivity index (χ4v) is 3.80. The van der Waals surface area contributed by atoms with Crippen LogP contribution in [0, 0.1) is 6.92 Å². The van der Waals surface area contributed by atoms with E-state index in [1.807, 2.05) is 62.4 Å². The Morgan fingerprint density at radius 3 is 2.46 bits per heavy atom. The van der Waals surface area contributed by atoms with E-state index in [1.54, 1.807) is 0 Å². The number of benzene rings is 2. The van der Waals surface area contributed by atoms with E-state index in [-0.39, 0.29) is 17.6 Å². The quantitative estimate of drug-likeness (QED) is 0.703. The maximum absolute atomic E-state index is 13.0. The minimum absolute atomic E-state index is 0.0759. The van der Waals surface area contributed by atoms with Gasteiger partial charge in [0.1, 0.15) is 17.1 Å². The van der Waals surface area contributed by atoms with Crippen LogP contribution in [0.4, 0.5) is 0 Å². The fraction of sp³-hybridized carbons (Fsp3) is 0.458. The lowest BCUT2D eigenvalue weighted by Crippen LogP contribution is -2.47. The number of carbonyl (C=O) groups is 1. The average Bonchev–Trinajstić information content (AvgIpc) is 2.73. The lowest BCUT2D eigenvalue weighted by atomic mass is 9.83. The van der Waals surface area contributed by atoms with Gasteiger partial charge in [0.25, 0.3) is 5.91 Å². The minimum atomic E-state index is -0.518. The second-order valence-electron chi connectivity index (χ2n) is 7.62. The maximum atomic E-state index is 13.0. The minimum Gasteiger partial charge on any atom is -0.487 e. The second-order valence-corrected chi connectivity index (χ2v) is 7.62. The van der Waals surface area contributed by atoms with Crippen LogP contribution in [-0.2, 0) is 4.79 Å². The van der Waals surface area contributed by atoms with Crippen molar-refractivity contribution >= 4 is 5.91 Å². The van der Waals surface area contributed by atoms with Gasteiger partial charge >= 0.3 is 0 Å². The Morgan fingerprint density at radius 2 is 1.82 bits per heavy atom. The number of ether oxygens (including phenoxy) is 2. The highest BCUT2D eigenvalue weighted by Crippen LogP contribution is 2.42. The van der Waals surface area contributed by atoms with E-state index in [1.165, 1.54) is 5.56 Å². The number of hydrogen-bond acceptors (Lipinski definition) is 3. The van der Waals surface area contributed by atoms with Crippen LogP contribution in [0.15, 0.2) is 48.5 Å². The highest BCUT2D eigenvalue weighted by Gasteiger charge is 2.39. The molecule has 1 aliphatic heterocycles. The van der Waals surface area contributed by atoms with Gasteiger partial charge in [-0.1, -0.05) is 56.7 Å². The molecular weight excluding hydrogens is 350 g/mol. The molecule has 1 N–H and O–H groups in total. The molecule has 28 heavy (non-hydrogen) atoms. The smallest absolute Gasteiger partial charge is 0.261 e. The van der Waals surface area contributed by atoms with E-state index in [4.69, 9.17) is 9.47 Å². The van der Waals surface area contributed by atoms with Crippen molar-refractivity contribution in [2.45, 2.75) is 71.1 Å². The molecule has 150 valence electrons. The van der Waals surface area contributed by atoms with Crippen LogP contribution < -0.4 is 14.8 Å². The van der Waals surface area contributed by atoms with Gasteiger partial charge in [0.2, 0.25) is 0 Å². The van der Waals surface area contributed by atoms with Crippen molar-refractivity contribution in [1.82, 2.24) is 5.32 Å². The Kier molecular flexibility index (Phi) is 6.28. The Bertz CT molecular complexity index is 796. The number of fused-ring (bicyclic) bond motifs is 1. The molecule has 3 rings (SSSR count). The molecule has 0 aromatic heterocycles. The summed E-state index contributed by atoms with van der Waals surface area (Å²) in [6.45, 7) is 8.29. The molecule has 2 aromatic carbocycles. The highest BCUT2D eigenvalue weighted by atomic mass is 16.5. The van der Waals surface area contributed by atoms with Gasteiger partial charge in [0, 0.05) is 12.0 Å². The third-order valence-electron chi connectivity index (χ3n) is 5.76. The van der Waals surface area contributed by atoms with Crippen molar-refractivity contribution in [1.29, 1.82) is 0 Å². The normalized spacial score (nSPS) is 18.5. The molecule has 4 nitrogen and oxygen atoms in total. The SMILES string of the molecule is CC[C@H](Oc1ccc(C)cc1)C(=O)N[C@H]1CC(CC)(CC)Oc2ccccc21. The molecule has 2 aromatic rings. The summed E-state index contributed by atoms with van der Waals surface area (Å²) in [5.74, 6) is 1.51. The van der Waals surface area contributed by atoms with Crippen molar-refractivity contribution < 1.29 is 14.3 Å². The van der Waals surface area contributed by atoms with Crippen LogP contribution in [0.2, 0.25) is 0 Å². The molecule has 1 amide bonds.